The Kier molecular flexibility index (Phi) is 8.93. The van der Waals surface area contributed by atoms with Crippen LogP contribution in [0.1, 0.15) is 11.1 Å². The summed E-state index contributed by atoms with van der Waals surface area (Å²) in [6, 6.07) is 3.51. The quantitative estimate of drug-likeness (QED) is 0.228. The molecule has 0 saturated heterocycles. The molecule has 3 atom stereocenters. The summed E-state index contributed by atoms with van der Waals surface area (Å²) in [6.07, 6.45) is -4.70. The zero-order valence-electron chi connectivity index (χ0n) is 16.1. The third-order valence-electron chi connectivity index (χ3n) is 4.53. The number of aryl methyl sites for hydroxylation is 2. The molecule has 12 heteroatoms. The van der Waals surface area contributed by atoms with E-state index < -0.39 is 36.2 Å². The van der Waals surface area contributed by atoms with Gasteiger partial charge in [0.25, 0.3) is 0 Å². The summed E-state index contributed by atoms with van der Waals surface area (Å²) in [7, 11) is 0. The minimum atomic E-state index is -1.65. The fourth-order valence-electron chi connectivity index (χ4n) is 2.86. The summed E-state index contributed by atoms with van der Waals surface area (Å²) < 4.78 is 1.38. The van der Waals surface area contributed by atoms with Crippen LogP contribution in [0.5, 0.6) is 0 Å². The predicted octanol–water partition coefficient (Wildman–Crippen LogP) is -4.67. The molecule has 0 amide bonds. The van der Waals surface area contributed by atoms with Gasteiger partial charge in [0.1, 0.15) is 24.0 Å². The number of benzene rings is 1. The average molecular weight is 435 g/mol. The molecular formula is C17H20ClN4NaO6. The fraction of sp³-hybridized carbons (Fsp3) is 0.412. The summed E-state index contributed by atoms with van der Waals surface area (Å²) in [4.78, 5) is 35.0. The molecule has 0 saturated carbocycles. The minimum Gasteiger partial charge on any atom is -0.394 e. The number of hydrogen-bond acceptors (Lipinski definition) is 8. The maximum absolute atomic E-state index is 12.1. The molecule has 0 aliphatic carbocycles. The van der Waals surface area contributed by atoms with Gasteiger partial charge in [-0.05, 0) is 37.1 Å². The van der Waals surface area contributed by atoms with Crippen LogP contribution in [0.25, 0.3) is 22.6 Å². The van der Waals surface area contributed by atoms with Crippen molar-refractivity contribution in [1.82, 2.24) is 19.5 Å². The molecule has 4 N–H and O–H groups in total. The molecular weight excluding hydrogens is 415 g/mol. The van der Waals surface area contributed by atoms with Gasteiger partial charge < -0.3 is 35.0 Å². The Labute approximate surface area is 193 Å². The first-order valence-electron chi connectivity index (χ1n) is 8.24. The second kappa shape index (κ2) is 10.1. The van der Waals surface area contributed by atoms with Crippen molar-refractivity contribution >= 4 is 23.4 Å². The van der Waals surface area contributed by atoms with Crippen LogP contribution >= 0.6 is 12.4 Å². The number of hydrogen-bond donors (Lipinski definition) is 4. The van der Waals surface area contributed by atoms with Gasteiger partial charge in [-0.15, -0.1) is 12.4 Å². The first-order chi connectivity index (χ1) is 12.7. The largest absolute Gasteiger partial charge is 1.00 e. The Morgan fingerprint density at radius 3 is 2.31 bits per heavy atom. The Morgan fingerprint density at radius 2 is 1.69 bits per heavy atom. The van der Waals surface area contributed by atoms with E-state index in [-0.39, 0.29) is 60.0 Å². The maximum Gasteiger partial charge on any atom is 1.00 e. The Balaban J connectivity index is 0.00000210. The minimum absolute atomic E-state index is 0. The first kappa shape index (κ1) is 25.7. The summed E-state index contributed by atoms with van der Waals surface area (Å²) in [5, 5.41) is 38.8. The van der Waals surface area contributed by atoms with Gasteiger partial charge in [0.15, 0.2) is 5.69 Å². The predicted molar refractivity (Wildman–Crippen MR) is 102 cm³/mol. The van der Waals surface area contributed by atoms with E-state index in [1.165, 1.54) is 4.57 Å². The average Bonchev–Trinajstić information content (AvgIpc) is 2.62. The van der Waals surface area contributed by atoms with Gasteiger partial charge in [-0.25, -0.2) is 4.98 Å². The first-order valence-corrected chi connectivity index (χ1v) is 8.24. The molecule has 0 fully saturated rings. The van der Waals surface area contributed by atoms with E-state index in [0.717, 1.165) is 11.1 Å². The number of aromatic nitrogens is 4. The molecule has 152 valence electrons. The molecule has 0 radical (unpaired) electrons. The van der Waals surface area contributed by atoms with Gasteiger partial charge in [0, 0.05) is 0 Å². The Morgan fingerprint density at radius 1 is 1.07 bits per heavy atom. The summed E-state index contributed by atoms with van der Waals surface area (Å²) >= 11 is 0. The van der Waals surface area contributed by atoms with Crippen LogP contribution in [-0.2, 0) is 6.54 Å². The van der Waals surface area contributed by atoms with Gasteiger partial charge >= 0.3 is 29.6 Å². The van der Waals surface area contributed by atoms with Crippen LogP contribution in [0.3, 0.4) is 0 Å². The maximum atomic E-state index is 12.1. The number of fused-ring (bicyclic) bond motifs is 2. The van der Waals surface area contributed by atoms with E-state index in [1.807, 2.05) is 13.8 Å². The van der Waals surface area contributed by atoms with Crippen LogP contribution in [0.2, 0.25) is 0 Å². The molecule has 3 unspecified atom stereocenters. The van der Waals surface area contributed by atoms with Crippen molar-refractivity contribution in [2.75, 3.05) is 6.61 Å². The molecule has 2 heterocycles. The summed E-state index contributed by atoms with van der Waals surface area (Å²) in [6.45, 7) is 2.70. The second-order valence-corrected chi connectivity index (χ2v) is 6.44. The van der Waals surface area contributed by atoms with Crippen LogP contribution in [0, 0.1) is 13.8 Å². The summed E-state index contributed by atoms with van der Waals surface area (Å²) in [5.41, 5.74) is 0.755. The monoisotopic (exact) mass is 434 g/mol. The van der Waals surface area contributed by atoms with E-state index in [4.69, 9.17) is 5.11 Å². The number of aliphatic hydroxyl groups is 4. The zero-order valence-corrected chi connectivity index (χ0v) is 18.9. The van der Waals surface area contributed by atoms with E-state index in [2.05, 4.69) is 15.0 Å². The molecule has 2 aliphatic heterocycles. The van der Waals surface area contributed by atoms with E-state index >= 15 is 0 Å². The summed E-state index contributed by atoms with van der Waals surface area (Å²) in [5.74, 6) is -0.0829. The van der Waals surface area contributed by atoms with E-state index in [0.29, 0.717) is 11.0 Å². The van der Waals surface area contributed by atoms with Crippen LogP contribution in [0.15, 0.2) is 21.7 Å². The molecule has 10 nitrogen and oxygen atoms in total. The van der Waals surface area contributed by atoms with Crippen molar-refractivity contribution < 1.29 is 50.0 Å². The van der Waals surface area contributed by atoms with Crippen molar-refractivity contribution in [3.8, 4) is 11.5 Å². The van der Waals surface area contributed by atoms with Gasteiger partial charge in [-0.3, -0.25) is 9.59 Å². The third kappa shape index (κ3) is 5.04. The molecule has 1 aromatic carbocycles. The molecule has 2 aliphatic rings. The zero-order chi connectivity index (χ0) is 19.9. The molecule has 29 heavy (non-hydrogen) atoms. The molecule has 3 rings (SSSR count). The number of nitrogens with zero attached hydrogens (tertiary/aromatic N) is 4. The topological polar surface area (TPSA) is 160 Å². The second-order valence-electron chi connectivity index (χ2n) is 6.44. The fourth-order valence-corrected chi connectivity index (χ4v) is 2.86. The molecule has 0 bridgehead atoms. The Hall–Kier alpha value is -1.37. The normalized spacial score (nSPS) is 14.1. The van der Waals surface area contributed by atoms with Crippen LogP contribution < -0.4 is 45.8 Å². The van der Waals surface area contributed by atoms with Crippen molar-refractivity contribution in [2.24, 2.45) is 0 Å². The van der Waals surface area contributed by atoms with E-state index in [9.17, 15) is 24.9 Å². The molecule has 1 aromatic rings. The van der Waals surface area contributed by atoms with Gasteiger partial charge in [-0.2, -0.15) is 0 Å². The van der Waals surface area contributed by atoms with Crippen LogP contribution in [0.4, 0.5) is 0 Å². The van der Waals surface area contributed by atoms with Crippen molar-refractivity contribution in [2.45, 2.75) is 38.7 Å². The Bertz CT molecular complexity index is 1090. The number of rotatable bonds is 5. The molecule has 0 aromatic heterocycles. The number of aliphatic hydroxyl groups excluding tert-OH is 4. The van der Waals surface area contributed by atoms with E-state index in [1.54, 1.807) is 12.1 Å². The van der Waals surface area contributed by atoms with Crippen molar-refractivity contribution in [1.29, 1.82) is 0 Å². The van der Waals surface area contributed by atoms with Crippen molar-refractivity contribution in [3.05, 3.63) is 44.1 Å². The smallest absolute Gasteiger partial charge is 0.394 e. The third-order valence-corrected chi connectivity index (χ3v) is 4.53. The standard InChI is InChI=1S/C17H20N4O6.ClH.Na/c1-7-3-9-10(4-8(7)2)21(5-11(23)14(25)12(24)6-22)15-13(18-9)16(26)20-17(27)19-15;;/h3-4,11-12,14,22-25H,5-6H2,1-2H3,(H,20,26,27);1H;/q;;+1/p-1. The van der Waals surface area contributed by atoms with Crippen LogP contribution in [-0.4, -0.2) is 59.9 Å². The van der Waals surface area contributed by atoms with Gasteiger partial charge in [0.2, 0.25) is 5.56 Å². The molecule has 0 spiro atoms. The SMILES string of the molecule is Cc1cc2nc3c(=O)[n-]c(=O)nc-3n(CC(O)C(O)C(O)CO)c2cc1C.Cl.[Na+]. The van der Waals surface area contributed by atoms with Gasteiger partial charge in [-0.1, -0.05) is 0 Å². The van der Waals surface area contributed by atoms with Gasteiger partial charge in [0.05, 0.1) is 30.0 Å². The number of halogens is 1. The van der Waals surface area contributed by atoms with Crippen molar-refractivity contribution in [3.63, 3.8) is 0 Å².